The highest BCUT2D eigenvalue weighted by molar-refractivity contribution is 6.17. The van der Waals surface area contributed by atoms with Gasteiger partial charge in [0.25, 0.3) is 0 Å². The summed E-state index contributed by atoms with van der Waals surface area (Å²) in [7, 11) is 0. The van der Waals surface area contributed by atoms with E-state index in [4.69, 9.17) is 11.6 Å². The fourth-order valence-corrected chi connectivity index (χ4v) is 0.634. The van der Waals surface area contributed by atoms with E-state index >= 15 is 0 Å². The Morgan fingerprint density at radius 3 is 2.62 bits per heavy atom. The van der Waals surface area contributed by atoms with Crippen LogP contribution in [0.25, 0.3) is 0 Å². The minimum Gasteiger partial charge on any atom is -0.127 e. The van der Waals surface area contributed by atoms with Crippen LogP contribution >= 0.6 is 11.6 Å². The number of rotatable bonds is 4. The number of hydrogen-bond acceptors (Lipinski definition) is 0. The molecule has 0 aromatic heterocycles. The molecule has 0 fully saturated rings. The summed E-state index contributed by atoms with van der Waals surface area (Å²) >= 11 is 5.45. The van der Waals surface area contributed by atoms with Gasteiger partial charge in [-0.05, 0) is 19.3 Å². The molecule has 0 saturated carbocycles. The fraction of sp³-hybridized carbons (Fsp3) is 0.714. The van der Waals surface area contributed by atoms with Crippen LogP contribution in [0.1, 0.15) is 26.2 Å². The van der Waals surface area contributed by atoms with Crippen molar-refractivity contribution >= 4 is 11.6 Å². The molecule has 0 radical (unpaired) electrons. The maximum absolute atomic E-state index is 5.45. The number of hydrogen-bond donors (Lipinski definition) is 0. The number of halogens is 1. The number of allylic oxidation sites excluding steroid dienone is 2. The lowest BCUT2D eigenvalue weighted by molar-refractivity contribution is 0.959. The van der Waals surface area contributed by atoms with Crippen molar-refractivity contribution in [3.8, 4) is 0 Å². The van der Waals surface area contributed by atoms with Gasteiger partial charge in [-0.3, -0.25) is 0 Å². The van der Waals surface area contributed by atoms with Crippen molar-refractivity contribution in [3.05, 3.63) is 12.2 Å². The van der Waals surface area contributed by atoms with Gasteiger partial charge in [0, 0.05) is 5.88 Å². The molecule has 0 bridgehead atoms. The van der Waals surface area contributed by atoms with Crippen molar-refractivity contribution in [1.82, 2.24) is 0 Å². The third-order valence-electron chi connectivity index (χ3n) is 0.907. The Labute approximate surface area is 56.5 Å². The van der Waals surface area contributed by atoms with Gasteiger partial charge in [0.05, 0.1) is 0 Å². The molecule has 48 valence electrons. The van der Waals surface area contributed by atoms with Crippen LogP contribution in [0.4, 0.5) is 0 Å². The lowest BCUT2D eigenvalue weighted by atomic mass is 10.3. The second kappa shape index (κ2) is 7.03. The Kier molecular flexibility index (Phi) is 7.06. The van der Waals surface area contributed by atoms with Crippen LogP contribution < -0.4 is 0 Å². The van der Waals surface area contributed by atoms with Crippen LogP contribution in [0.3, 0.4) is 0 Å². The first-order chi connectivity index (χ1) is 3.91. The predicted octanol–water partition coefficient (Wildman–Crippen LogP) is 2.97. The highest BCUT2D eigenvalue weighted by atomic mass is 35.5. The van der Waals surface area contributed by atoms with E-state index in [1.54, 1.807) is 0 Å². The van der Waals surface area contributed by atoms with E-state index < -0.39 is 0 Å². The average molecular weight is 133 g/mol. The van der Waals surface area contributed by atoms with Crippen LogP contribution in [0.5, 0.6) is 0 Å². The van der Waals surface area contributed by atoms with Crippen molar-refractivity contribution < 1.29 is 0 Å². The lowest BCUT2D eigenvalue weighted by Gasteiger charge is -1.84. The monoisotopic (exact) mass is 132 g/mol. The molecule has 0 N–H and O–H groups in total. The van der Waals surface area contributed by atoms with Crippen molar-refractivity contribution in [2.24, 2.45) is 0 Å². The Morgan fingerprint density at radius 2 is 2.12 bits per heavy atom. The zero-order chi connectivity index (χ0) is 6.24. The molecule has 0 nitrogen and oxygen atoms in total. The summed E-state index contributed by atoms with van der Waals surface area (Å²) in [6, 6.07) is 0. The number of unbranched alkanes of at least 4 members (excludes halogenated alkanes) is 1. The first-order valence-corrected chi connectivity index (χ1v) is 3.66. The van der Waals surface area contributed by atoms with Gasteiger partial charge in [0.15, 0.2) is 0 Å². The SMILES string of the molecule is CCC=CCCCCl. The second-order valence-electron chi connectivity index (χ2n) is 1.71. The normalized spacial score (nSPS) is 10.8. The standard InChI is InChI=1S/C7H13Cl/c1-2-3-4-5-6-7-8/h3-4H,2,5-7H2,1H3. The van der Waals surface area contributed by atoms with Crippen LogP contribution in [-0.2, 0) is 0 Å². The first kappa shape index (κ1) is 8.03. The van der Waals surface area contributed by atoms with Crippen LogP contribution in [-0.4, -0.2) is 5.88 Å². The summed E-state index contributed by atoms with van der Waals surface area (Å²) in [5.74, 6) is 0.786. The van der Waals surface area contributed by atoms with Crippen molar-refractivity contribution in [2.45, 2.75) is 26.2 Å². The summed E-state index contributed by atoms with van der Waals surface area (Å²) in [5, 5.41) is 0. The largest absolute Gasteiger partial charge is 0.127 e. The topological polar surface area (TPSA) is 0 Å². The molecule has 0 saturated heterocycles. The minimum atomic E-state index is 0.786. The molecule has 0 heterocycles. The molecule has 0 aliphatic carbocycles. The highest BCUT2D eigenvalue weighted by Crippen LogP contribution is 1.93. The van der Waals surface area contributed by atoms with Gasteiger partial charge >= 0.3 is 0 Å². The van der Waals surface area contributed by atoms with E-state index in [0.29, 0.717) is 0 Å². The Hall–Kier alpha value is 0.0300. The van der Waals surface area contributed by atoms with Gasteiger partial charge in [0.1, 0.15) is 0 Å². The third-order valence-corrected chi connectivity index (χ3v) is 1.17. The summed E-state index contributed by atoms with van der Waals surface area (Å²) < 4.78 is 0. The van der Waals surface area contributed by atoms with Gasteiger partial charge in [0.2, 0.25) is 0 Å². The second-order valence-corrected chi connectivity index (χ2v) is 2.09. The van der Waals surface area contributed by atoms with E-state index in [2.05, 4.69) is 19.1 Å². The van der Waals surface area contributed by atoms with Gasteiger partial charge in [-0.15, -0.1) is 11.6 Å². The van der Waals surface area contributed by atoms with Crippen molar-refractivity contribution in [2.75, 3.05) is 5.88 Å². The molecule has 0 amide bonds. The van der Waals surface area contributed by atoms with E-state index in [1.807, 2.05) is 0 Å². The Morgan fingerprint density at radius 1 is 1.38 bits per heavy atom. The van der Waals surface area contributed by atoms with E-state index in [0.717, 1.165) is 25.1 Å². The molecule has 1 heteroatoms. The molecule has 0 aliphatic heterocycles. The molecule has 0 aromatic carbocycles. The maximum Gasteiger partial charge on any atom is 0.0226 e. The summed E-state index contributed by atoms with van der Waals surface area (Å²) in [4.78, 5) is 0. The molecular weight excluding hydrogens is 120 g/mol. The lowest BCUT2D eigenvalue weighted by Crippen LogP contribution is -1.69. The van der Waals surface area contributed by atoms with Crippen molar-refractivity contribution in [1.29, 1.82) is 0 Å². The van der Waals surface area contributed by atoms with Gasteiger partial charge in [-0.2, -0.15) is 0 Å². The van der Waals surface area contributed by atoms with Crippen LogP contribution in [0.2, 0.25) is 0 Å². The fourth-order valence-electron chi connectivity index (χ4n) is 0.480. The zero-order valence-corrected chi connectivity index (χ0v) is 6.12. The molecule has 0 aromatic rings. The Balaban J connectivity index is 2.80. The molecule has 0 atom stereocenters. The summed E-state index contributed by atoms with van der Waals surface area (Å²) in [6.07, 6.45) is 7.74. The molecular formula is C7H13Cl. The molecule has 8 heavy (non-hydrogen) atoms. The number of alkyl halides is 1. The molecule has 0 aliphatic rings. The van der Waals surface area contributed by atoms with E-state index in [1.165, 1.54) is 0 Å². The van der Waals surface area contributed by atoms with Gasteiger partial charge in [-0.1, -0.05) is 19.1 Å². The Bertz CT molecular complexity index is 57.4. The predicted molar refractivity (Wildman–Crippen MR) is 39.4 cm³/mol. The zero-order valence-electron chi connectivity index (χ0n) is 5.36. The van der Waals surface area contributed by atoms with Crippen LogP contribution in [0, 0.1) is 0 Å². The van der Waals surface area contributed by atoms with E-state index in [9.17, 15) is 0 Å². The first-order valence-electron chi connectivity index (χ1n) is 3.12. The average Bonchev–Trinajstić information content (AvgIpc) is 1.81. The van der Waals surface area contributed by atoms with E-state index in [-0.39, 0.29) is 0 Å². The maximum atomic E-state index is 5.45. The van der Waals surface area contributed by atoms with Crippen LogP contribution in [0.15, 0.2) is 12.2 Å². The molecule has 0 unspecified atom stereocenters. The summed E-state index contributed by atoms with van der Waals surface area (Å²) in [5.41, 5.74) is 0. The smallest absolute Gasteiger partial charge is 0.0226 e. The quantitative estimate of drug-likeness (QED) is 0.314. The highest BCUT2D eigenvalue weighted by Gasteiger charge is 1.76. The van der Waals surface area contributed by atoms with Crippen molar-refractivity contribution in [3.63, 3.8) is 0 Å². The van der Waals surface area contributed by atoms with Gasteiger partial charge in [-0.25, -0.2) is 0 Å². The molecule has 0 rings (SSSR count). The van der Waals surface area contributed by atoms with Gasteiger partial charge < -0.3 is 0 Å². The molecule has 0 spiro atoms. The summed E-state index contributed by atoms with van der Waals surface area (Å²) in [6.45, 7) is 2.14. The third kappa shape index (κ3) is 6.03. The minimum absolute atomic E-state index is 0.786.